The first-order chi connectivity index (χ1) is 8.25. The average molecular weight is 299 g/mol. The zero-order chi connectivity index (χ0) is 11.8. The molecule has 0 unspecified atom stereocenters. The summed E-state index contributed by atoms with van der Waals surface area (Å²) >= 11 is 3.32. The van der Waals surface area contributed by atoms with Crippen LogP contribution in [0, 0.1) is 5.92 Å². The summed E-state index contributed by atoms with van der Waals surface area (Å²) in [5.41, 5.74) is -0.113. The van der Waals surface area contributed by atoms with Gasteiger partial charge >= 0.3 is 0 Å². The van der Waals surface area contributed by atoms with Crippen molar-refractivity contribution in [2.24, 2.45) is 5.92 Å². The lowest BCUT2D eigenvalue weighted by molar-refractivity contribution is 0.340. The van der Waals surface area contributed by atoms with Crippen LogP contribution >= 0.6 is 15.9 Å². The standard InChI is InChI=1S/C11H15BrN4O/c12-9-10(14-6-15-11(9)17)16-4-7-2-1-3-13-8(7)5-16/h6-8,13H,1-5H2,(H,14,15,17)/t7-,8+/m0/s1. The number of hydrogen-bond donors (Lipinski definition) is 2. The SMILES string of the molecule is O=c1[nH]cnc(N2C[C@@H]3CCCN[C@@H]3C2)c1Br. The minimum Gasteiger partial charge on any atom is -0.354 e. The van der Waals surface area contributed by atoms with Gasteiger partial charge in [-0.1, -0.05) is 0 Å². The van der Waals surface area contributed by atoms with E-state index >= 15 is 0 Å². The van der Waals surface area contributed by atoms with Crippen LogP contribution in [0.5, 0.6) is 0 Å². The maximum Gasteiger partial charge on any atom is 0.267 e. The molecule has 3 heterocycles. The Hall–Kier alpha value is -0.880. The molecule has 5 nitrogen and oxygen atoms in total. The number of hydrogen-bond acceptors (Lipinski definition) is 4. The van der Waals surface area contributed by atoms with Gasteiger partial charge in [-0.2, -0.15) is 0 Å². The van der Waals surface area contributed by atoms with E-state index in [0.29, 0.717) is 16.4 Å². The first-order valence-corrected chi connectivity index (χ1v) is 6.76. The predicted molar refractivity (Wildman–Crippen MR) is 69.3 cm³/mol. The molecule has 2 saturated heterocycles. The van der Waals surface area contributed by atoms with Crippen LogP contribution in [-0.2, 0) is 0 Å². The fraction of sp³-hybridized carbons (Fsp3) is 0.636. The van der Waals surface area contributed by atoms with Crippen LogP contribution in [0.3, 0.4) is 0 Å². The van der Waals surface area contributed by atoms with Gasteiger partial charge in [0, 0.05) is 19.1 Å². The monoisotopic (exact) mass is 298 g/mol. The summed E-state index contributed by atoms with van der Waals surface area (Å²) in [5, 5.41) is 3.54. The Morgan fingerprint density at radius 2 is 2.35 bits per heavy atom. The molecule has 3 rings (SSSR count). The number of H-pyrrole nitrogens is 1. The van der Waals surface area contributed by atoms with Crippen molar-refractivity contribution in [2.45, 2.75) is 18.9 Å². The molecule has 2 aliphatic heterocycles. The van der Waals surface area contributed by atoms with Gasteiger partial charge in [-0.25, -0.2) is 4.98 Å². The number of nitrogens with zero attached hydrogens (tertiary/aromatic N) is 2. The summed E-state index contributed by atoms with van der Waals surface area (Å²) in [7, 11) is 0. The van der Waals surface area contributed by atoms with E-state index in [1.807, 2.05) is 0 Å². The molecule has 0 bridgehead atoms. The highest BCUT2D eigenvalue weighted by atomic mass is 79.9. The Kier molecular flexibility index (Phi) is 2.92. The summed E-state index contributed by atoms with van der Waals surface area (Å²) in [6, 6.07) is 0.553. The zero-order valence-electron chi connectivity index (χ0n) is 9.45. The predicted octanol–water partition coefficient (Wildman–Crippen LogP) is 0.721. The summed E-state index contributed by atoms with van der Waals surface area (Å²) in [4.78, 5) is 20.6. The largest absolute Gasteiger partial charge is 0.354 e. The summed E-state index contributed by atoms with van der Waals surface area (Å²) < 4.78 is 0.540. The molecule has 6 heteroatoms. The van der Waals surface area contributed by atoms with Gasteiger partial charge < -0.3 is 15.2 Å². The molecule has 2 atom stereocenters. The normalized spacial score (nSPS) is 28.2. The second-order valence-corrected chi connectivity index (χ2v) is 5.53. The highest BCUT2D eigenvalue weighted by Crippen LogP contribution is 2.30. The zero-order valence-corrected chi connectivity index (χ0v) is 11.0. The third-order valence-electron chi connectivity index (χ3n) is 3.68. The lowest BCUT2D eigenvalue weighted by Crippen LogP contribution is -2.40. The number of nitrogens with one attached hydrogen (secondary N) is 2. The van der Waals surface area contributed by atoms with Crippen LogP contribution in [0.4, 0.5) is 5.82 Å². The van der Waals surface area contributed by atoms with Gasteiger partial charge in [0.2, 0.25) is 0 Å². The smallest absolute Gasteiger partial charge is 0.267 e. The fourth-order valence-corrected chi connectivity index (χ4v) is 3.28. The maximum atomic E-state index is 11.5. The van der Waals surface area contributed by atoms with Crippen molar-refractivity contribution in [1.29, 1.82) is 0 Å². The lowest BCUT2D eigenvalue weighted by atomic mass is 9.94. The Morgan fingerprint density at radius 1 is 1.47 bits per heavy atom. The van der Waals surface area contributed by atoms with E-state index in [2.05, 4.69) is 36.1 Å². The molecule has 2 fully saturated rings. The van der Waals surface area contributed by atoms with Crippen molar-refractivity contribution in [1.82, 2.24) is 15.3 Å². The third kappa shape index (κ3) is 1.99. The molecule has 2 N–H and O–H groups in total. The highest BCUT2D eigenvalue weighted by molar-refractivity contribution is 9.10. The van der Waals surface area contributed by atoms with Gasteiger partial charge in [0.25, 0.3) is 5.56 Å². The van der Waals surface area contributed by atoms with Gasteiger partial charge in [0.05, 0.1) is 6.33 Å². The highest BCUT2D eigenvalue weighted by Gasteiger charge is 2.35. The van der Waals surface area contributed by atoms with Gasteiger partial charge in [0.1, 0.15) is 10.3 Å². The molecular weight excluding hydrogens is 284 g/mol. The summed E-state index contributed by atoms with van der Waals surface area (Å²) in [5.74, 6) is 1.46. The molecule has 17 heavy (non-hydrogen) atoms. The van der Waals surface area contributed by atoms with E-state index in [9.17, 15) is 4.79 Å². The topological polar surface area (TPSA) is 61.0 Å². The second kappa shape index (κ2) is 4.42. The van der Waals surface area contributed by atoms with Crippen LogP contribution < -0.4 is 15.8 Å². The maximum absolute atomic E-state index is 11.5. The minimum atomic E-state index is -0.113. The Morgan fingerprint density at radius 3 is 3.18 bits per heavy atom. The molecule has 0 spiro atoms. The van der Waals surface area contributed by atoms with Crippen LogP contribution in [0.25, 0.3) is 0 Å². The Balaban J connectivity index is 1.86. The van der Waals surface area contributed by atoms with E-state index in [0.717, 1.165) is 25.5 Å². The number of halogens is 1. The van der Waals surface area contributed by atoms with Crippen LogP contribution in [0.1, 0.15) is 12.8 Å². The number of aromatic amines is 1. The molecule has 92 valence electrons. The van der Waals surface area contributed by atoms with Crippen LogP contribution in [-0.4, -0.2) is 35.6 Å². The molecule has 0 aromatic carbocycles. The number of fused-ring (bicyclic) bond motifs is 1. The number of piperidine rings is 1. The molecule has 0 radical (unpaired) electrons. The van der Waals surface area contributed by atoms with Crippen molar-refractivity contribution >= 4 is 21.7 Å². The molecule has 0 saturated carbocycles. The van der Waals surface area contributed by atoms with Crippen molar-refractivity contribution < 1.29 is 0 Å². The van der Waals surface area contributed by atoms with E-state index in [1.54, 1.807) is 0 Å². The van der Waals surface area contributed by atoms with E-state index < -0.39 is 0 Å². The quantitative estimate of drug-likeness (QED) is 0.802. The van der Waals surface area contributed by atoms with Crippen molar-refractivity contribution in [3.63, 3.8) is 0 Å². The molecule has 0 amide bonds. The number of anilines is 1. The van der Waals surface area contributed by atoms with Gasteiger partial charge in [-0.3, -0.25) is 4.79 Å². The van der Waals surface area contributed by atoms with Gasteiger partial charge in [-0.05, 0) is 41.2 Å². The molecule has 1 aromatic rings. The van der Waals surface area contributed by atoms with Crippen LogP contribution in [0.2, 0.25) is 0 Å². The average Bonchev–Trinajstić information content (AvgIpc) is 2.76. The first kappa shape index (κ1) is 11.2. The van der Waals surface area contributed by atoms with Gasteiger partial charge in [0.15, 0.2) is 0 Å². The molecule has 2 aliphatic rings. The van der Waals surface area contributed by atoms with Crippen molar-refractivity contribution in [2.75, 3.05) is 24.5 Å². The summed E-state index contributed by atoms with van der Waals surface area (Å²) in [6.45, 7) is 3.05. The lowest BCUT2D eigenvalue weighted by Gasteiger charge is -2.24. The van der Waals surface area contributed by atoms with E-state index in [-0.39, 0.29) is 5.56 Å². The van der Waals surface area contributed by atoms with Crippen LogP contribution in [0.15, 0.2) is 15.6 Å². The van der Waals surface area contributed by atoms with E-state index in [4.69, 9.17) is 0 Å². The molecule has 0 aliphatic carbocycles. The first-order valence-electron chi connectivity index (χ1n) is 5.97. The number of rotatable bonds is 1. The third-order valence-corrected chi connectivity index (χ3v) is 4.39. The van der Waals surface area contributed by atoms with E-state index in [1.165, 1.54) is 19.2 Å². The van der Waals surface area contributed by atoms with Crippen molar-refractivity contribution in [3.8, 4) is 0 Å². The van der Waals surface area contributed by atoms with Crippen molar-refractivity contribution in [3.05, 3.63) is 21.2 Å². The number of aromatic nitrogens is 2. The van der Waals surface area contributed by atoms with Gasteiger partial charge in [-0.15, -0.1) is 0 Å². The Bertz CT molecular complexity index is 461. The molecule has 1 aromatic heterocycles. The second-order valence-electron chi connectivity index (χ2n) is 4.74. The molecular formula is C11H15BrN4O. The fourth-order valence-electron chi connectivity index (χ4n) is 2.81. The summed E-state index contributed by atoms with van der Waals surface area (Å²) in [6.07, 6.45) is 3.99. The Labute approximate surface area is 108 Å². The minimum absolute atomic E-state index is 0.113.